The lowest BCUT2D eigenvalue weighted by atomic mass is 10.1. The van der Waals surface area contributed by atoms with Crippen LogP contribution in [0.4, 0.5) is 11.4 Å². The summed E-state index contributed by atoms with van der Waals surface area (Å²) in [5, 5.41) is 7.13. The Kier molecular flexibility index (Phi) is 4.77. The van der Waals surface area contributed by atoms with Crippen LogP contribution in [0.3, 0.4) is 0 Å². The van der Waals surface area contributed by atoms with E-state index < -0.39 is 10.0 Å². The average molecular weight is 370 g/mol. The molecule has 0 aliphatic carbocycles. The standard InChI is InChI=1S/C18H18N4O3S/c1-22-17(12-16(20-22)13-7-4-3-5-8-13)18(23)19-14-9-6-10-15(11-14)21-26(2,24)25/h3-12,21H,1-2H3,(H,19,23). The van der Waals surface area contributed by atoms with Gasteiger partial charge in [0.2, 0.25) is 10.0 Å². The van der Waals surface area contributed by atoms with E-state index in [1.165, 1.54) is 4.68 Å². The van der Waals surface area contributed by atoms with Crippen LogP contribution < -0.4 is 10.0 Å². The van der Waals surface area contributed by atoms with Gasteiger partial charge in [0, 0.05) is 18.3 Å². The van der Waals surface area contributed by atoms with E-state index in [1.54, 1.807) is 37.4 Å². The number of benzene rings is 2. The summed E-state index contributed by atoms with van der Waals surface area (Å²) in [4.78, 5) is 12.6. The molecule has 0 spiro atoms. The largest absolute Gasteiger partial charge is 0.321 e. The molecule has 8 heteroatoms. The fourth-order valence-corrected chi connectivity index (χ4v) is 3.05. The van der Waals surface area contributed by atoms with E-state index in [0.717, 1.165) is 11.8 Å². The number of nitrogens with zero attached hydrogens (tertiary/aromatic N) is 2. The van der Waals surface area contributed by atoms with Crippen molar-refractivity contribution in [1.29, 1.82) is 0 Å². The summed E-state index contributed by atoms with van der Waals surface area (Å²) in [6, 6.07) is 17.8. The minimum Gasteiger partial charge on any atom is -0.321 e. The molecule has 1 aromatic heterocycles. The van der Waals surface area contributed by atoms with Gasteiger partial charge in [0.25, 0.3) is 5.91 Å². The predicted molar refractivity (Wildman–Crippen MR) is 102 cm³/mol. The molecule has 1 amide bonds. The molecule has 3 rings (SSSR count). The highest BCUT2D eigenvalue weighted by Crippen LogP contribution is 2.20. The Bertz CT molecular complexity index is 1040. The molecular weight excluding hydrogens is 352 g/mol. The van der Waals surface area contributed by atoms with Gasteiger partial charge in [-0.1, -0.05) is 36.4 Å². The Hall–Kier alpha value is -3.13. The van der Waals surface area contributed by atoms with E-state index in [4.69, 9.17) is 0 Å². The Morgan fingerprint density at radius 2 is 1.69 bits per heavy atom. The molecule has 0 atom stereocenters. The van der Waals surface area contributed by atoms with Crippen LogP contribution in [0.2, 0.25) is 0 Å². The molecule has 0 aliphatic heterocycles. The number of aryl methyl sites for hydroxylation is 1. The third kappa shape index (κ3) is 4.28. The molecule has 0 radical (unpaired) electrons. The summed E-state index contributed by atoms with van der Waals surface area (Å²) in [5.74, 6) is -0.335. The third-order valence-electron chi connectivity index (χ3n) is 3.61. The van der Waals surface area contributed by atoms with Gasteiger partial charge in [0.15, 0.2) is 0 Å². The van der Waals surface area contributed by atoms with Gasteiger partial charge in [-0.2, -0.15) is 5.10 Å². The van der Waals surface area contributed by atoms with E-state index in [0.29, 0.717) is 22.8 Å². The SMILES string of the molecule is Cn1nc(-c2ccccc2)cc1C(=O)Nc1cccc(NS(C)(=O)=O)c1. The maximum atomic E-state index is 12.6. The minimum atomic E-state index is -3.39. The third-order valence-corrected chi connectivity index (χ3v) is 4.21. The molecule has 2 N–H and O–H groups in total. The number of carbonyl (C=O) groups excluding carboxylic acids is 1. The van der Waals surface area contributed by atoms with E-state index in [-0.39, 0.29) is 5.91 Å². The van der Waals surface area contributed by atoms with Gasteiger partial charge in [-0.05, 0) is 24.3 Å². The summed E-state index contributed by atoms with van der Waals surface area (Å²) < 4.78 is 26.5. The van der Waals surface area contributed by atoms with Gasteiger partial charge in [-0.15, -0.1) is 0 Å². The summed E-state index contributed by atoms with van der Waals surface area (Å²) >= 11 is 0. The van der Waals surface area contributed by atoms with Crippen molar-refractivity contribution in [2.45, 2.75) is 0 Å². The van der Waals surface area contributed by atoms with Crippen molar-refractivity contribution in [2.75, 3.05) is 16.3 Å². The van der Waals surface area contributed by atoms with Crippen LogP contribution in [-0.2, 0) is 17.1 Å². The zero-order valence-electron chi connectivity index (χ0n) is 14.3. The first kappa shape index (κ1) is 17.7. The van der Waals surface area contributed by atoms with Crippen LogP contribution in [0, 0.1) is 0 Å². The molecule has 0 saturated heterocycles. The fraction of sp³-hybridized carbons (Fsp3) is 0.111. The number of hydrogen-bond acceptors (Lipinski definition) is 4. The van der Waals surface area contributed by atoms with Crippen LogP contribution in [0.25, 0.3) is 11.3 Å². The summed E-state index contributed by atoms with van der Waals surface area (Å²) in [6.07, 6.45) is 1.07. The predicted octanol–water partition coefficient (Wildman–Crippen LogP) is 2.71. The highest BCUT2D eigenvalue weighted by atomic mass is 32.2. The molecule has 3 aromatic rings. The minimum absolute atomic E-state index is 0.335. The van der Waals surface area contributed by atoms with Gasteiger partial charge in [0.1, 0.15) is 5.69 Å². The lowest BCUT2D eigenvalue weighted by Gasteiger charge is -2.08. The number of aromatic nitrogens is 2. The Morgan fingerprint density at radius 1 is 1.00 bits per heavy atom. The van der Waals surface area contributed by atoms with E-state index in [1.807, 2.05) is 30.3 Å². The van der Waals surface area contributed by atoms with Crippen molar-refractivity contribution >= 4 is 27.3 Å². The monoisotopic (exact) mass is 370 g/mol. The first-order valence-corrected chi connectivity index (χ1v) is 9.70. The molecule has 0 bridgehead atoms. The normalized spacial score (nSPS) is 11.2. The van der Waals surface area contributed by atoms with Gasteiger partial charge >= 0.3 is 0 Å². The quantitative estimate of drug-likeness (QED) is 0.722. The van der Waals surface area contributed by atoms with Crippen molar-refractivity contribution in [2.24, 2.45) is 7.05 Å². The smallest absolute Gasteiger partial charge is 0.273 e. The Morgan fingerprint density at radius 3 is 2.38 bits per heavy atom. The molecule has 26 heavy (non-hydrogen) atoms. The van der Waals surface area contributed by atoms with Crippen molar-refractivity contribution in [3.05, 3.63) is 66.4 Å². The second-order valence-electron chi connectivity index (χ2n) is 5.81. The highest BCUT2D eigenvalue weighted by Gasteiger charge is 2.15. The topological polar surface area (TPSA) is 93.1 Å². The lowest BCUT2D eigenvalue weighted by Crippen LogP contribution is -2.16. The maximum Gasteiger partial charge on any atom is 0.273 e. The van der Waals surface area contributed by atoms with E-state index in [9.17, 15) is 13.2 Å². The zero-order valence-corrected chi connectivity index (χ0v) is 15.1. The molecule has 2 aromatic carbocycles. The van der Waals surface area contributed by atoms with Crippen LogP contribution in [-0.4, -0.2) is 30.4 Å². The van der Waals surface area contributed by atoms with Gasteiger partial charge in [0.05, 0.1) is 17.6 Å². The fourth-order valence-electron chi connectivity index (χ4n) is 2.50. The van der Waals surface area contributed by atoms with Crippen LogP contribution in [0.15, 0.2) is 60.7 Å². The van der Waals surface area contributed by atoms with Crippen molar-refractivity contribution < 1.29 is 13.2 Å². The van der Waals surface area contributed by atoms with Gasteiger partial charge in [-0.25, -0.2) is 8.42 Å². The van der Waals surface area contributed by atoms with E-state index in [2.05, 4.69) is 15.1 Å². The Balaban J connectivity index is 1.81. The molecule has 0 fully saturated rings. The molecular formula is C18H18N4O3S. The first-order valence-electron chi connectivity index (χ1n) is 7.80. The Labute approximate surface area is 151 Å². The second kappa shape index (κ2) is 7.01. The van der Waals surface area contributed by atoms with Crippen molar-refractivity contribution in [3.63, 3.8) is 0 Å². The van der Waals surface area contributed by atoms with Gasteiger partial charge in [-0.3, -0.25) is 14.2 Å². The second-order valence-corrected chi connectivity index (χ2v) is 7.56. The number of rotatable bonds is 5. The van der Waals surface area contributed by atoms with Gasteiger partial charge < -0.3 is 5.32 Å². The number of anilines is 2. The summed E-state index contributed by atoms with van der Waals surface area (Å²) in [7, 11) is -1.69. The molecule has 7 nitrogen and oxygen atoms in total. The number of nitrogens with one attached hydrogen (secondary N) is 2. The number of amides is 1. The molecule has 1 heterocycles. The zero-order chi connectivity index (χ0) is 18.7. The molecule has 134 valence electrons. The number of sulfonamides is 1. The van der Waals surface area contributed by atoms with Crippen LogP contribution in [0.1, 0.15) is 10.5 Å². The molecule has 0 aliphatic rings. The van der Waals surface area contributed by atoms with Crippen LogP contribution >= 0.6 is 0 Å². The average Bonchev–Trinajstić information content (AvgIpc) is 2.96. The lowest BCUT2D eigenvalue weighted by molar-refractivity contribution is 0.101. The first-order chi connectivity index (χ1) is 12.3. The molecule has 0 saturated carbocycles. The number of carbonyl (C=O) groups is 1. The summed E-state index contributed by atoms with van der Waals surface area (Å²) in [6.45, 7) is 0. The highest BCUT2D eigenvalue weighted by molar-refractivity contribution is 7.92. The van der Waals surface area contributed by atoms with Crippen molar-refractivity contribution in [3.8, 4) is 11.3 Å². The maximum absolute atomic E-state index is 12.6. The number of hydrogen-bond donors (Lipinski definition) is 2. The summed E-state index contributed by atoms with van der Waals surface area (Å²) in [5.41, 5.74) is 2.86. The van der Waals surface area contributed by atoms with Crippen molar-refractivity contribution in [1.82, 2.24) is 9.78 Å². The van der Waals surface area contributed by atoms with Crippen LogP contribution in [0.5, 0.6) is 0 Å². The molecule has 0 unspecified atom stereocenters. The van der Waals surface area contributed by atoms with E-state index >= 15 is 0 Å².